The van der Waals surface area contributed by atoms with Gasteiger partial charge in [0, 0.05) is 0 Å². The molecule has 1 aromatic heterocycles. The number of para-hydroxylation sites is 1. The van der Waals surface area contributed by atoms with Crippen LogP contribution in [0.2, 0.25) is 0 Å². The van der Waals surface area contributed by atoms with Gasteiger partial charge in [-0.25, -0.2) is 4.98 Å². The Labute approximate surface area is 101 Å². The van der Waals surface area contributed by atoms with Crippen molar-refractivity contribution < 1.29 is 4.74 Å². The normalized spacial score (nSPS) is 10.1. The third-order valence-corrected chi connectivity index (χ3v) is 2.79. The van der Waals surface area contributed by atoms with E-state index in [2.05, 4.69) is 11.1 Å². The summed E-state index contributed by atoms with van der Waals surface area (Å²) in [5.74, 6) is 0.891. The Hall–Kier alpha value is -1.09. The van der Waals surface area contributed by atoms with Crippen LogP contribution in [0.4, 0.5) is 0 Å². The lowest BCUT2D eigenvalue weighted by atomic mass is 10.3. The molecule has 0 radical (unpaired) electrons. The zero-order chi connectivity index (χ0) is 12.1. The first-order valence-corrected chi connectivity index (χ1v) is 6.51. The quantitative estimate of drug-likeness (QED) is 0.771. The minimum atomic E-state index is 0.197. The van der Waals surface area contributed by atoms with Crippen molar-refractivity contribution >= 4 is 21.6 Å². The molecule has 1 aromatic carbocycles. The van der Waals surface area contributed by atoms with E-state index in [1.54, 1.807) is 11.3 Å². The summed E-state index contributed by atoms with van der Waals surface area (Å²) in [6.07, 6.45) is 0.197. The molecule has 0 saturated carbocycles. The highest BCUT2D eigenvalue weighted by atomic mass is 32.1. The van der Waals surface area contributed by atoms with Crippen LogP contribution in [0.25, 0.3) is 10.2 Å². The van der Waals surface area contributed by atoms with Gasteiger partial charge in [0.15, 0.2) is 0 Å². The van der Waals surface area contributed by atoms with E-state index in [-0.39, 0.29) is 6.10 Å². The molecule has 3 heteroatoms. The van der Waals surface area contributed by atoms with Crippen LogP contribution in [0.5, 0.6) is 5.75 Å². The van der Waals surface area contributed by atoms with Crippen molar-refractivity contribution in [2.45, 2.75) is 40.7 Å². The molecule has 0 bridgehead atoms. The lowest BCUT2D eigenvalue weighted by molar-refractivity contribution is 0.245. The number of rotatable bonds is 2. The summed E-state index contributed by atoms with van der Waals surface area (Å²) in [6, 6.07) is 6.06. The van der Waals surface area contributed by atoms with Gasteiger partial charge in [-0.1, -0.05) is 19.9 Å². The number of benzene rings is 1. The van der Waals surface area contributed by atoms with Gasteiger partial charge in [-0.15, -0.1) is 11.3 Å². The maximum Gasteiger partial charge on any atom is 0.146 e. The molecule has 2 aromatic rings. The third-order valence-electron chi connectivity index (χ3n) is 1.85. The molecule has 2 nitrogen and oxygen atoms in total. The van der Waals surface area contributed by atoms with Crippen molar-refractivity contribution in [3.05, 3.63) is 23.2 Å². The van der Waals surface area contributed by atoms with Crippen LogP contribution in [0.15, 0.2) is 18.2 Å². The molecule has 0 N–H and O–H groups in total. The van der Waals surface area contributed by atoms with Crippen molar-refractivity contribution in [3.8, 4) is 5.75 Å². The van der Waals surface area contributed by atoms with E-state index in [1.165, 1.54) is 4.70 Å². The average molecular weight is 237 g/mol. The maximum absolute atomic E-state index is 5.68. The van der Waals surface area contributed by atoms with Crippen LogP contribution < -0.4 is 4.74 Å². The number of thiazole rings is 1. The van der Waals surface area contributed by atoms with Gasteiger partial charge < -0.3 is 4.74 Å². The highest BCUT2D eigenvalue weighted by Gasteiger charge is 2.07. The molecule has 0 aliphatic carbocycles. The third kappa shape index (κ3) is 2.95. The van der Waals surface area contributed by atoms with Gasteiger partial charge in [0.05, 0.1) is 15.8 Å². The fourth-order valence-corrected chi connectivity index (χ4v) is 2.23. The van der Waals surface area contributed by atoms with Crippen LogP contribution in [0, 0.1) is 6.92 Å². The first kappa shape index (κ1) is 13.0. The van der Waals surface area contributed by atoms with Crippen LogP contribution in [0.3, 0.4) is 0 Å². The number of fused-ring (bicyclic) bond motifs is 1. The van der Waals surface area contributed by atoms with Crippen LogP contribution >= 0.6 is 11.3 Å². The summed E-state index contributed by atoms with van der Waals surface area (Å²) in [7, 11) is 0. The highest BCUT2D eigenvalue weighted by Crippen LogP contribution is 2.29. The van der Waals surface area contributed by atoms with Crippen molar-refractivity contribution in [1.82, 2.24) is 4.98 Å². The molecule has 0 aliphatic heterocycles. The first-order valence-electron chi connectivity index (χ1n) is 5.69. The smallest absolute Gasteiger partial charge is 0.146 e. The van der Waals surface area contributed by atoms with Gasteiger partial charge in [-0.05, 0) is 32.9 Å². The van der Waals surface area contributed by atoms with Crippen LogP contribution in [-0.4, -0.2) is 11.1 Å². The molecule has 88 valence electrons. The summed E-state index contributed by atoms with van der Waals surface area (Å²) >= 11 is 1.70. The Morgan fingerprint density at radius 3 is 2.56 bits per heavy atom. The molecular formula is C13H19NOS. The van der Waals surface area contributed by atoms with Gasteiger partial charge in [-0.2, -0.15) is 0 Å². The molecule has 0 atom stereocenters. The van der Waals surface area contributed by atoms with Crippen LogP contribution in [-0.2, 0) is 0 Å². The minimum Gasteiger partial charge on any atom is -0.489 e. The first-order chi connectivity index (χ1) is 7.66. The summed E-state index contributed by atoms with van der Waals surface area (Å²) in [5, 5.41) is 1.08. The number of ether oxygens (including phenoxy) is 1. The Bertz CT molecular complexity index is 448. The molecule has 1 heterocycles. The van der Waals surface area contributed by atoms with Crippen molar-refractivity contribution in [1.29, 1.82) is 0 Å². The second kappa shape index (κ2) is 5.85. The number of hydrogen-bond acceptors (Lipinski definition) is 3. The van der Waals surface area contributed by atoms with Gasteiger partial charge in [0.2, 0.25) is 0 Å². The van der Waals surface area contributed by atoms with Crippen LogP contribution in [0.1, 0.15) is 32.7 Å². The predicted molar refractivity (Wildman–Crippen MR) is 71.5 cm³/mol. The number of aromatic nitrogens is 1. The standard InChI is InChI=1S/C11H13NOS.C2H6/c1-7(2)13-9-5-4-6-10-11(9)12-8(3)14-10;1-2/h4-7H,1-3H3;1-2H3. The zero-order valence-corrected chi connectivity index (χ0v) is 11.4. The monoisotopic (exact) mass is 237 g/mol. The SMILES string of the molecule is CC.Cc1nc2c(OC(C)C)cccc2s1. The van der Waals surface area contributed by atoms with Crippen molar-refractivity contribution in [3.63, 3.8) is 0 Å². The average Bonchev–Trinajstić information content (AvgIpc) is 2.62. The predicted octanol–water partition coefficient (Wildman–Crippen LogP) is 4.42. The fraction of sp³-hybridized carbons (Fsp3) is 0.462. The number of nitrogens with zero attached hydrogens (tertiary/aromatic N) is 1. The summed E-state index contributed by atoms with van der Waals surface area (Å²) in [5.41, 5.74) is 0.990. The Morgan fingerprint density at radius 1 is 1.25 bits per heavy atom. The molecule has 0 aliphatic rings. The molecule has 0 unspecified atom stereocenters. The Kier molecular flexibility index (Phi) is 4.74. The van der Waals surface area contributed by atoms with E-state index >= 15 is 0 Å². The van der Waals surface area contributed by atoms with Crippen molar-refractivity contribution in [2.24, 2.45) is 0 Å². The van der Waals surface area contributed by atoms with Gasteiger partial charge in [0.1, 0.15) is 11.3 Å². The molecule has 2 rings (SSSR count). The molecule has 0 amide bonds. The van der Waals surface area contributed by atoms with Gasteiger partial charge in [-0.3, -0.25) is 0 Å². The fourth-order valence-electron chi connectivity index (χ4n) is 1.38. The summed E-state index contributed by atoms with van der Waals surface area (Å²) in [4.78, 5) is 4.46. The molecule has 0 spiro atoms. The minimum absolute atomic E-state index is 0.197. The molecule has 0 fully saturated rings. The largest absolute Gasteiger partial charge is 0.489 e. The summed E-state index contributed by atoms with van der Waals surface area (Å²) in [6.45, 7) is 10.1. The number of aryl methyl sites for hydroxylation is 1. The number of hydrogen-bond donors (Lipinski definition) is 0. The Morgan fingerprint density at radius 2 is 1.94 bits per heavy atom. The van der Waals surface area contributed by atoms with Crippen molar-refractivity contribution in [2.75, 3.05) is 0 Å². The topological polar surface area (TPSA) is 22.1 Å². The van der Waals surface area contributed by atoms with Gasteiger partial charge >= 0.3 is 0 Å². The zero-order valence-electron chi connectivity index (χ0n) is 10.6. The Balaban J connectivity index is 0.000000606. The highest BCUT2D eigenvalue weighted by molar-refractivity contribution is 7.18. The molecular weight excluding hydrogens is 218 g/mol. The van der Waals surface area contributed by atoms with E-state index in [9.17, 15) is 0 Å². The second-order valence-electron chi connectivity index (χ2n) is 3.50. The van der Waals surface area contributed by atoms with E-state index in [1.807, 2.05) is 46.8 Å². The van der Waals surface area contributed by atoms with Gasteiger partial charge in [0.25, 0.3) is 0 Å². The second-order valence-corrected chi connectivity index (χ2v) is 4.74. The lowest BCUT2D eigenvalue weighted by Crippen LogP contribution is -2.05. The van der Waals surface area contributed by atoms with E-state index in [0.717, 1.165) is 16.3 Å². The maximum atomic E-state index is 5.68. The molecule has 0 saturated heterocycles. The van der Waals surface area contributed by atoms with E-state index in [0.29, 0.717) is 0 Å². The van der Waals surface area contributed by atoms with E-state index in [4.69, 9.17) is 4.74 Å². The van der Waals surface area contributed by atoms with E-state index < -0.39 is 0 Å². The summed E-state index contributed by atoms with van der Waals surface area (Å²) < 4.78 is 6.88. The molecule has 16 heavy (non-hydrogen) atoms. The lowest BCUT2D eigenvalue weighted by Gasteiger charge is -2.09.